The zero-order valence-corrected chi connectivity index (χ0v) is 15.5. The van der Waals surface area contributed by atoms with Gasteiger partial charge in [-0.15, -0.1) is 0 Å². The van der Waals surface area contributed by atoms with E-state index in [0.29, 0.717) is 44.5 Å². The van der Waals surface area contributed by atoms with Crippen molar-refractivity contribution in [3.05, 3.63) is 35.6 Å². The van der Waals surface area contributed by atoms with Gasteiger partial charge in [0.25, 0.3) is 0 Å². The molecule has 2 amide bonds. The lowest BCUT2D eigenvalue weighted by Crippen LogP contribution is -2.49. The Kier molecular flexibility index (Phi) is 5.43. The quantitative estimate of drug-likeness (QED) is 0.866. The highest BCUT2D eigenvalue weighted by Gasteiger charge is 2.47. The van der Waals surface area contributed by atoms with Gasteiger partial charge in [0.05, 0.1) is 18.1 Å². The Morgan fingerprint density at radius 1 is 1.15 bits per heavy atom. The molecular formula is C21H27FN2O3. The summed E-state index contributed by atoms with van der Waals surface area (Å²) >= 11 is 0. The normalized spacial score (nSPS) is 29.6. The summed E-state index contributed by atoms with van der Waals surface area (Å²) in [5, 5.41) is 3.11. The minimum absolute atomic E-state index is 0.0392. The number of fused-ring (bicyclic) bond motifs is 1. The number of halogens is 1. The number of ether oxygens (including phenoxy) is 1. The van der Waals surface area contributed by atoms with Crippen LogP contribution in [0.25, 0.3) is 0 Å². The van der Waals surface area contributed by atoms with Gasteiger partial charge in [0.2, 0.25) is 11.8 Å². The summed E-state index contributed by atoms with van der Waals surface area (Å²) in [4.78, 5) is 27.5. The third-order valence-electron chi connectivity index (χ3n) is 6.22. The molecule has 5 nitrogen and oxygen atoms in total. The van der Waals surface area contributed by atoms with E-state index in [2.05, 4.69) is 5.32 Å². The van der Waals surface area contributed by atoms with Crippen molar-refractivity contribution in [2.75, 3.05) is 13.2 Å². The third kappa shape index (κ3) is 3.72. The van der Waals surface area contributed by atoms with Gasteiger partial charge in [-0.1, -0.05) is 24.6 Å². The van der Waals surface area contributed by atoms with Gasteiger partial charge in [0.1, 0.15) is 5.82 Å². The lowest BCUT2D eigenvalue weighted by atomic mass is 9.95. The maximum Gasteiger partial charge on any atom is 0.226 e. The van der Waals surface area contributed by atoms with Crippen LogP contribution in [-0.4, -0.2) is 42.0 Å². The molecule has 0 aliphatic carbocycles. The number of rotatable bonds is 2. The van der Waals surface area contributed by atoms with Crippen molar-refractivity contribution >= 4 is 11.8 Å². The molecule has 6 heteroatoms. The number of nitrogens with one attached hydrogen (secondary N) is 1. The Morgan fingerprint density at radius 3 is 2.70 bits per heavy atom. The van der Waals surface area contributed by atoms with Gasteiger partial charge >= 0.3 is 0 Å². The highest BCUT2D eigenvalue weighted by Crippen LogP contribution is 2.41. The Labute approximate surface area is 159 Å². The van der Waals surface area contributed by atoms with Crippen molar-refractivity contribution in [1.29, 1.82) is 0 Å². The third-order valence-corrected chi connectivity index (χ3v) is 6.22. The first kappa shape index (κ1) is 18.4. The zero-order chi connectivity index (χ0) is 18.8. The summed E-state index contributed by atoms with van der Waals surface area (Å²) in [6.07, 6.45) is 5.12. The van der Waals surface area contributed by atoms with E-state index in [1.807, 2.05) is 11.0 Å². The topological polar surface area (TPSA) is 58.6 Å². The molecule has 0 aromatic heterocycles. The van der Waals surface area contributed by atoms with Gasteiger partial charge in [0, 0.05) is 31.1 Å². The smallest absolute Gasteiger partial charge is 0.226 e. The van der Waals surface area contributed by atoms with Crippen LogP contribution in [-0.2, 0) is 14.3 Å². The van der Waals surface area contributed by atoms with Crippen molar-refractivity contribution in [3.8, 4) is 0 Å². The van der Waals surface area contributed by atoms with Crippen LogP contribution in [0.2, 0.25) is 0 Å². The molecule has 4 rings (SSSR count). The molecule has 0 radical (unpaired) electrons. The first-order valence-electron chi connectivity index (χ1n) is 10.1. The molecular weight excluding hydrogens is 347 g/mol. The minimum Gasteiger partial charge on any atom is -0.381 e. The first-order valence-corrected chi connectivity index (χ1v) is 10.1. The summed E-state index contributed by atoms with van der Waals surface area (Å²) in [5.41, 5.74) is 0.555. The average molecular weight is 374 g/mol. The van der Waals surface area contributed by atoms with Crippen LogP contribution in [0.5, 0.6) is 0 Å². The predicted molar refractivity (Wildman–Crippen MR) is 98.3 cm³/mol. The molecule has 0 bridgehead atoms. The van der Waals surface area contributed by atoms with Crippen LogP contribution in [0.15, 0.2) is 24.3 Å². The number of hydrogen-bond donors (Lipinski definition) is 1. The molecule has 3 heterocycles. The van der Waals surface area contributed by atoms with E-state index in [1.165, 1.54) is 6.07 Å². The van der Waals surface area contributed by atoms with E-state index in [-0.39, 0.29) is 41.7 Å². The number of nitrogens with zero attached hydrogens (tertiary/aromatic N) is 1. The maximum atomic E-state index is 14.6. The van der Waals surface area contributed by atoms with E-state index in [1.54, 1.807) is 12.1 Å². The van der Waals surface area contributed by atoms with E-state index >= 15 is 0 Å². The standard InChI is InChI=1S/C21H27FN2O3/c22-16-6-2-1-5-15(16)19-13-17-18(7-3-4-8-20(25)23-17)24(19)21(26)14-9-11-27-12-10-14/h1-2,5-6,14,17-19H,3-4,7-13H2,(H,23,25)/t17-,18+,19+/m1/s1. The second-order valence-electron chi connectivity index (χ2n) is 7.89. The molecule has 3 aliphatic rings. The number of carbonyl (C=O) groups excluding carboxylic acids is 2. The lowest BCUT2D eigenvalue weighted by molar-refractivity contribution is -0.142. The van der Waals surface area contributed by atoms with E-state index in [0.717, 1.165) is 19.3 Å². The fraction of sp³-hybridized carbons (Fsp3) is 0.619. The molecule has 146 valence electrons. The molecule has 1 N–H and O–H groups in total. The molecule has 3 atom stereocenters. The van der Waals surface area contributed by atoms with Crippen molar-refractivity contribution in [2.24, 2.45) is 5.92 Å². The molecule has 3 aliphatic heterocycles. The van der Waals surface area contributed by atoms with Gasteiger partial charge in [-0.3, -0.25) is 9.59 Å². The highest BCUT2D eigenvalue weighted by atomic mass is 19.1. The van der Waals surface area contributed by atoms with Crippen molar-refractivity contribution in [3.63, 3.8) is 0 Å². The van der Waals surface area contributed by atoms with E-state index < -0.39 is 0 Å². The fourth-order valence-electron chi connectivity index (χ4n) is 4.84. The van der Waals surface area contributed by atoms with Gasteiger partial charge in [0.15, 0.2) is 0 Å². The average Bonchev–Trinajstić information content (AvgIpc) is 3.01. The number of likely N-dealkylation sites (tertiary alicyclic amines) is 1. The molecule has 3 fully saturated rings. The summed E-state index contributed by atoms with van der Waals surface area (Å²) in [6, 6.07) is 6.21. The first-order chi connectivity index (χ1) is 13.1. The minimum atomic E-state index is -0.324. The van der Waals surface area contributed by atoms with Crippen LogP contribution < -0.4 is 5.32 Å². The molecule has 27 heavy (non-hydrogen) atoms. The Bertz CT molecular complexity index is 704. The Balaban J connectivity index is 1.68. The van der Waals surface area contributed by atoms with Crippen LogP contribution in [0.3, 0.4) is 0 Å². The largest absolute Gasteiger partial charge is 0.381 e. The summed E-state index contributed by atoms with van der Waals surface area (Å²) < 4.78 is 20.0. The highest BCUT2D eigenvalue weighted by molar-refractivity contribution is 5.81. The van der Waals surface area contributed by atoms with Crippen LogP contribution in [0, 0.1) is 11.7 Å². The molecule has 0 saturated carbocycles. The van der Waals surface area contributed by atoms with Gasteiger partial charge in [-0.05, 0) is 38.2 Å². The van der Waals surface area contributed by atoms with Gasteiger partial charge in [-0.2, -0.15) is 0 Å². The van der Waals surface area contributed by atoms with Gasteiger partial charge < -0.3 is 15.0 Å². The van der Waals surface area contributed by atoms with Crippen LogP contribution >= 0.6 is 0 Å². The number of amides is 2. The summed E-state index contributed by atoms with van der Waals surface area (Å²) in [6.45, 7) is 1.19. The summed E-state index contributed by atoms with van der Waals surface area (Å²) in [7, 11) is 0. The second-order valence-corrected chi connectivity index (χ2v) is 7.89. The number of hydrogen-bond acceptors (Lipinski definition) is 3. The molecule has 1 aromatic carbocycles. The molecule has 0 spiro atoms. The van der Waals surface area contributed by atoms with Gasteiger partial charge in [-0.25, -0.2) is 4.39 Å². The van der Waals surface area contributed by atoms with Crippen LogP contribution in [0.1, 0.15) is 56.6 Å². The molecule has 1 aromatic rings. The predicted octanol–water partition coefficient (Wildman–Crippen LogP) is 2.95. The fourth-order valence-corrected chi connectivity index (χ4v) is 4.84. The molecule has 3 saturated heterocycles. The second kappa shape index (κ2) is 7.97. The monoisotopic (exact) mass is 374 g/mol. The number of carbonyl (C=O) groups is 2. The molecule has 0 unspecified atom stereocenters. The maximum absolute atomic E-state index is 14.6. The van der Waals surface area contributed by atoms with Crippen molar-refractivity contribution < 1.29 is 18.7 Å². The zero-order valence-electron chi connectivity index (χ0n) is 15.5. The lowest BCUT2D eigenvalue weighted by Gasteiger charge is -2.36. The van der Waals surface area contributed by atoms with E-state index in [9.17, 15) is 14.0 Å². The van der Waals surface area contributed by atoms with Crippen molar-refractivity contribution in [1.82, 2.24) is 10.2 Å². The number of benzene rings is 1. The van der Waals surface area contributed by atoms with Crippen LogP contribution in [0.4, 0.5) is 4.39 Å². The van der Waals surface area contributed by atoms with Crippen molar-refractivity contribution in [2.45, 2.75) is 63.1 Å². The SMILES string of the molecule is O=C1CCCC[C@H]2[C@@H](C[C@@H](c3ccccc3F)N2C(=O)C2CCOCC2)N1. The summed E-state index contributed by atoms with van der Waals surface area (Å²) in [5.74, 6) is -0.230. The Morgan fingerprint density at radius 2 is 1.93 bits per heavy atom. The Hall–Kier alpha value is -1.95. The van der Waals surface area contributed by atoms with E-state index in [4.69, 9.17) is 4.74 Å².